The molecule has 0 unspecified atom stereocenters. The highest BCUT2D eigenvalue weighted by Crippen LogP contribution is 2.31. The molecule has 6 nitrogen and oxygen atoms in total. The van der Waals surface area contributed by atoms with E-state index in [-0.39, 0.29) is 0 Å². The van der Waals surface area contributed by atoms with Crippen LogP contribution in [0.2, 0.25) is 0 Å². The van der Waals surface area contributed by atoms with E-state index in [0.717, 1.165) is 60.0 Å². The maximum Gasteiger partial charge on any atom is 0.157 e. The fourth-order valence-electron chi connectivity index (χ4n) is 4.42. The fraction of sp³-hybridized carbons (Fsp3) is 0.333. The molecule has 0 aliphatic heterocycles. The van der Waals surface area contributed by atoms with Crippen LogP contribution in [0.5, 0.6) is 0 Å². The normalized spacial score (nSPS) is 11.9. The predicted octanol–water partition coefficient (Wildman–Crippen LogP) is 5.22. The van der Waals surface area contributed by atoms with Gasteiger partial charge in [0.2, 0.25) is 0 Å². The number of hydrogen-bond donors (Lipinski definition) is 0. The average Bonchev–Trinajstić information content (AvgIpc) is 3.48. The van der Waals surface area contributed by atoms with Gasteiger partial charge in [-0.1, -0.05) is 13.8 Å². The Labute approximate surface area is 176 Å². The molecule has 4 aromatic heterocycles. The van der Waals surface area contributed by atoms with Gasteiger partial charge in [-0.2, -0.15) is 0 Å². The van der Waals surface area contributed by atoms with Gasteiger partial charge in [0.1, 0.15) is 0 Å². The van der Waals surface area contributed by atoms with E-state index in [2.05, 4.69) is 95.0 Å². The molecule has 4 heterocycles. The molecule has 0 N–H and O–H groups in total. The summed E-state index contributed by atoms with van der Waals surface area (Å²) in [5.74, 6) is 2.05. The first-order chi connectivity index (χ1) is 14.6. The van der Waals surface area contributed by atoms with Gasteiger partial charge >= 0.3 is 0 Å². The minimum absolute atomic E-state index is 0.940. The van der Waals surface area contributed by atoms with Gasteiger partial charge in [-0.25, -0.2) is 9.97 Å². The Balaban J connectivity index is 1.79. The van der Waals surface area contributed by atoms with E-state index in [1.54, 1.807) is 0 Å². The number of nitrogens with zero attached hydrogens (tertiary/aromatic N) is 6. The van der Waals surface area contributed by atoms with Crippen LogP contribution in [0.4, 0.5) is 0 Å². The van der Waals surface area contributed by atoms with Gasteiger partial charge in [-0.3, -0.25) is 0 Å². The van der Waals surface area contributed by atoms with Crippen molar-refractivity contribution in [3.63, 3.8) is 0 Å². The molecule has 0 atom stereocenters. The molecule has 5 rings (SSSR count). The molecule has 0 aliphatic rings. The van der Waals surface area contributed by atoms with Crippen molar-refractivity contribution in [2.24, 2.45) is 14.1 Å². The van der Waals surface area contributed by atoms with Crippen LogP contribution in [0.1, 0.15) is 26.7 Å². The van der Waals surface area contributed by atoms with E-state index in [0.29, 0.717) is 0 Å². The zero-order chi connectivity index (χ0) is 20.8. The highest BCUT2D eigenvalue weighted by atomic mass is 15.1. The number of fused-ring (bicyclic) bond motifs is 2. The van der Waals surface area contributed by atoms with E-state index in [4.69, 9.17) is 9.97 Å². The van der Waals surface area contributed by atoms with Gasteiger partial charge in [0.15, 0.2) is 11.6 Å². The van der Waals surface area contributed by atoms with Crippen LogP contribution < -0.4 is 0 Å². The summed E-state index contributed by atoms with van der Waals surface area (Å²) < 4.78 is 8.98. The lowest BCUT2D eigenvalue weighted by molar-refractivity contribution is 0.694. The van der Waals surface area contributed by atoms with E-state index in [1.807, 2.05) is 0 Å². The van der Waals surface area contributed by atoms with Gasteiger partial charge < -0.3 is 18.3 Å². The molecule has 0 saturated carbocycles. The lowest BCUT2D eigenvalue weighted by atomic mass is 10.2. The van der Waals surface area contributed by atoms with Crippen molar-refractivity contribution in [2.45, 2.75) is 39.8 Å². The maximum atomic E-state index is 5.04. The molecule has 0 radical (unpaired) electrons. The van der Waals surface area contributed by atoms with Crippen molar-refractivity contribution < 1.29 is 0 Å². The molecule has 0 amide bonds. The second-order valence-corrected chi connectivity index (χ2v) is 8.01. The number of aromatic nitrogens is 6. The summed E-state index contributed by atoms with van der Waals surface area (Å²) in [7, 11) is 4.15. The van der Waals surface area contributed by atoms with Gasteiger partial charge in [-0.15, -0.1) is 0 Å². The van der Waals surface area contributed by atoms with Crippen molar-refractivity contribution in [2.75, 3.05) is 0 Å². The van der Waals surface area contributed by atoms with Crippen LogP contribution in [0, 0.1) is 0 Å². The standard InChI is InChI=1S/C24H28N6/c1-5-11-29-21-16-22-18(15-17(21)25-23(29)19-9-7-13-27(19)3)26-24(30(22)12-6-2)20-10-8-14-28(20)4/h7-10,13-16H,5-6,11-12H2,1-4H3. The molecule has 0 aliphatic carbocycles. The number of aryl methyl sites for hydroxylation is 4. The van der Waals surface area contributed by atoms with Crippen LogP contribution in [0.15, 0.2) is 48.8 Å². The molecule has 0 spiro atoms. The summed E-state index contributed by atoms with van der Waals surface area (Å²) in [6.07, 6.45) is 6.27. The van der Waals surface area contributed by atoms with Crippen LogP contribution in [-0.2, 0) is 27.2 Å². The summed E-state index contributed by atoms with van der Waals surface area (Å²) in [6.45, 7) is 6.31. The molecule has 1 aromatic carbocycles. The maximum absolute atomic E-state index is 5.04. The van der Waals surface area contributed by atoms with Crippen LogP contribution >= 0.6 is 0 Å². The zero-order valence-corrected chi connectivity index (χ0v) is 18.1. The molecule has 0 fully saturated rings. The van der Waals surface area contributed by atoms with Gasteiger partial charge in [-0.05, 0) is 49.2 Å². The summed E-state index contributed by atoms with van der Waals surface area (Å²) in [5, 5.41) is 0. The van der Waals surface area contributed by atoms with Crippen molar-refractivity contribution in [3.05, 3.63) is 48.8 Å². The van der Waals surface area contributed by atoms with Crippen molar-refractivity contribution >= 4 is 22.1 Å². The van der Waals surface area contributed by atoms with Crippen LogP contribution in [0.3, 0.4) is 0 Å². The number of imidazole rings is 2. The second kappa shape index (κ2) is 7.20. The summed E-state index contributed by atoms with van der Waals surface area (Å²) in [5.41, 5.74) is 6.64. The average molecular weight is 401 g/mol. The van der Waals surface area contributed by atoms with Gasteiger partial charge in [0, 0.05) is 39.6 Å². The van der Waals surface area contributed by atoms with Gasteiger partial charge in [0.05, 0.1) is 33.5 Å². The highest BCUT2D eigenvalue weighted by molar-refractivity contribution is 5.95. The Kier molecular flexibility index (Phi) is 4.50. The Morgan fingerprint density at radius 2 is 1.17 bits per heavy atom. The molecular formula is C24H28N6. The Morgan fingerprint density at radius 1 is 0.700 bits per heavy atom. The lowest BCUT2D eigenvalue weighted by Crippen LogP contribution is -2.03. The van der Waals surface area contributed by atoms with Gasteiger partial charge in [0.25, 0.3) is 0 Å². The minimum atomic E-state index is 0.940. The van der Waals surface area contributed by atoms with E-state index >= 15 is 0 Å². The second-order valence-electron chi connectivity index (χ2n) is 8.01. The molecule has 5 aromatic rings. The topological polar surface area (TPSA) is 45.5 Å². The van der Waals surface area contributed by atoms with E-state index < -0.39 is 0 Å². The van der Waals surface area contributed by atoms with Crippen molar-refractivity contribution in [1.29, 1.82) is 0 Å². The minimum Gasteiger partial charge on any atom is -0.348 e. The molecular weight excluding hydrogens is 372 g/mol. The quantitative estimate of drug-likeness (QED) is 0.392. The summed E-state index contributed by atoms with van der Waals surface area (Å²) in [4.78, 5) is 10.1. The number of benzene rings is 1. The zero-order valence-electron chi connectivity index (χ0n) is 18.1. The largest absolute Gasteiger partial charge is 0.348 e. The highest BCUT2D eigenvalue weighted by Gasteiger charge is 2.19. The van der Waals surface area contributed by atoms with Crippen LogP contribution in [0.25, 0.3) is 45.1 Å². The molecule has 6 heteroatoms. The first kappa shape index (κ1) is 18.7. The third-order valence-electron chi connectivity index (χ3n) is 5.86. The van der Waals surface area contributed by atoms with E-state index in [9.17, 15) is 0 Å². The monoisotopic (exact) mass is 400 g/mol. The van der Waals surface area contributed by atoms with E-state index in [1.165, 1.54) is 11.0 Å². The Bertz CT molecular complexity index is 1240. The molecule has 0 saturated heterocycles. The first-order valence-corrected chi connectivity index (χ1v) is 10.8. The van der Waals surface area contributed by atoms with Crippen molar-refractivity contribution in [3.8, 4) is 23.0 Å². The lowest BCUT2D eigenvalue weighted by Gasteiger charge is -2.10. The Hall–Kier alpha value is -3.28. The predicted molar refractivity (Wildman–Crippen MR) is 122 cm³/mol. The smallest absolute Gasteiger partial charge is 0.157 e. The molecule has 30 heavy (non-hydrogen) atoms. The number of rotatable bonds is 6. The fourth-order valence-corrected chi connectivity index (χ4v) is 4.42. The third kappa shape index (κ3) is 2.78. The molecule has 0 bridgehead atoms. The SMILES string of the molecule is CCCn1c(-c2cccn2C)nc2cc3nc(-c4cccn4C)n(CCC)c3cc21. The Morgan fingerprint density at radius 3 is 1.53 bits per heavy atom. The summed E-state index contributed by atoms with van der Waals surface area (Å²) in [6, 6.07) is 12.9. The first-order valence-electron chi connectivity index (χ1n) is 10.8. The third-order valence-corrected chi connectivity index (χ3v) is 5.86. The number of hydrogen-bond acceptors (Lipinski definition) is 2. The molecule has 154 valence electrons. The van der Waals surface area contributed by atoms with Crippen LogP contribution in [-0.4, -0.2) is 28.2 Å². The summed E-state index contributed by atoms with van der Waals surface area (Å²) >= 11 is 0. The van der Waals surface area contributed by atoms with Crippen molar-refractivity contribution in [1.82, 2.24) is 28.2 Å².